The second-order valence-corrected chi connectivity index (χ2v) is 4.98. The molecule has 1 aliphatic carbocycles. The molecule has 2 rings (SSSR count). The highest BCUT2D eigenvalue weighted by molar-refractivity contribution is 6.28. The molecule has 1 amide bonds. The molecule has 0 spiro atoms. The van der Waals surface area contributed by atoms with Gasteiger partial charge in [0.25, 0.3) is 5.91 Å². The summed E-state index contributed by atoms with van der Waals surface area (Å²) < 4.78 is 0. The maximum Gasteiger partial charge on any atom is 0.270 e. The number of carbonyl (C=O) groups is 1. The van der Waals surface area contributed by atoms with Gasteiger partial charge in [-0.2, -0.15) is 0 Å². The van der Waals surface area contributed by atoms with Crippen LogP contribution in [0.4, 0.5) is 0 Å². The van der Waals surface area contributed by atoms with E-state index in [4.69, 9.17) is 11.6 Å². The topological polar surface area (TPSA) is 75.1 Å². The molecule has 0 bridgehead atoms. The van der Waals surface area contributed by atoms with Gasteiger partial charge in [0.2, 0.25) is 5.28 Å². The fraction of sp³-hybridized carbons (Fsp3) is 0.583. The van der Waals surface area contributed by atoms with Crippen molar-refractivity contribution in [3.63, 3.8) is 0 Å². The lowest BCUT2D eigenvalue weighted by molar-refractivity contribution is 0.0863. The Balaban J connectivity index is 1.99. The fourth-order valence-corrected chi connectivity index (χ4v) is 2.35. The second-order valence-electron chi connectivity index (χ2n) is 4.64. The number of hydrogen-bond acceptors (Lipinski definition) is 4. The molecule has 0 aromatic carbocycles. The first-order valence-corrected chi connectivity index (χ1v) is 6.42. The van der Waals surface area contributed by atoms with E-state index >= 15 is 0 Å². The first kappa shape index (κ1) is 13.2. The van der Waals surface area contributed by atoms with Gasteiger partial charge >= 0.3 is 0 Å². The highest BCUT2D eigenvalue weighted by Crippen LogP contribution is 2.18. The highest BCUT2D eigenvalue weighted by Gasteiger charge is 2.21. The van der Waals surface area contributed by atoms with Crippen LogP contribution in [0.2, 0.25) is 5.28 Å². The van der Waals surface area contributed by atoms with Crippen LogP contribution in [0.1, 0.15) is 41.9 Å². The Morgan fingerprint density at radius 1 is 1.39 bits per heavy atom. The molecular formula is C12H16ClN3O2. The van der Waals surface area contributed by atoms with Crippen LogP contribution in [0.3, 0.4) is 0 Å². The zero-order valence-corrected chi connectivity index (χ0v) is 10.9. The van der Waals surface area contributed by atoms with Gasteiger partial charge in [0.1, 0.15) is 5.69 Å². The summed E-state index contributed by atoms with van der Waals surface area (Å²) in [5.41, 5.74) is 0.956. The number of hydrogen-bond donors (Lipinski definition) is 2. The predicted molar refractivity (Wildman–Crippen MR) is 67.5 cm³/mol. The number of amides is 1. The van der Waals surface area contributed by atoms with Crippen LogP contribution in [0, 0.1) is 6.92 Å². The van der Waals surface area contributed by atoms with Crippen molar-refractivity contribution < 1.29 is 9.90 Å². The van der Waals surface area contributed by atoms with E-state index in [1.807, 2.05) is 0 Å². The maximum atomic E-state index is 12.0. The number of carbonyl (C=O) groups excluding carboxylic acids is 1. The molecule has 5 nitrogen and oxygen atoms in total. The van der Waals surface area contributed by atoms with E-state index in [1.54, 1.807) is 13.0 Å². The quantitative estimate of drug-likeness (QED) is 0.798. The Hall–Kier alpha value is -1.20. The van der Waals surface area contributed by atoms with Crippen LogP contribution in [0.5, 0.6) is 0 Å². The monoisotopic (exact) mass is 269 g/mol. The van der Waals surface area contributed by atoms with Crippen LogP contribution < -0.4 is 5.32 Å². The third kappa shape index (κ3) is 3.40. The van der Waals surface area contributed by atoms with Crippen LogP contribution in [-0.2, 0) is 0 Å². The number of aryl methyl sites for hydroxylation is 1. The summed E-state index contributed by atoms with van der Waals surface area (Å²) in [6.07, 6.45) is 2.83. The largest absolute Gasteiger partial charge is 0.393 e. The first-order valence-electron chi connectivity index (χ1n) is 6.04. The summed E-state index contributed by atoms with van der Waals surface area (Å²) in [4.78, 5) is 19.8. The molecule has 1 aliphatic rings. The van der Waals surface area contributed by atoms with E-state index in [0.717, 1.165) is 25.7 Å². The minimum Gasteiger partial charge on any atom is -0.393 e. The van der Waals surface area contributed by atoms with Crippen molar-refractivity contribution in [2.75, 3.05) is 0 Å². The van der Waals surface area contributed by atoms with Gasteiger partial charge < -0.3 is 10.4 Å². The number of rotatable bonds is 2. The van der Waals surface area contributed by atoms with Gasteiger partial charge in [-0.15, -0.1) is 0 Å². The molecule has 18 heavy (non-hydrogen) atoms. The van der Waals surface area contributed by atoms with Gasteiger partial charge in [-0.25, -0.2) is 9.97 Å². The van der Waals surface area contributed by atoms with Gasteiger partial charge in [-0.05, 0) is 50.3 Å². The third-order valence-electron chi connectivity index (χ3n) is 3.09. The lowest BCUT2D eigenvalue weighted by Crippen LogP contribution is -2.39. The summed E-state index contributed by atoms with van der Waals surface area (Å²) in [5.74, 6) is -0.233. The molecule has 6 heteroatoms. The summed E-state index contributed by atoms with van der Waals surface area (Å²) >= 11 is 5.72. The van der Waals surface area contributed by atoms with Crippen molar-refractivity contribution in [1.82, 2.24) is 15.3 Å². The molecule has 0 atom stereocenters. The summed E-state index contributed by atoms with van der Waals surface area (Å²) in [5, 5.41) is 12.4. The molecule has 0 aliphatic heterocycles. The molecule has 1 fully saturated rings. The molecule has 0 saturated heterocycles. The van der Waals surface area contributed by atoms with E-state index in [0.29, 0.717) is 11.4 Å². The molecule has 1 saturated carbocycles. The Kier molecular flexibility index (Phi) is 4.14. The Morgan fingerprint density at radius 3 is 2.67 bits per heavy atom. The standard InChI is InChI=1S/C12H16ClN3O2/c1-7-6-10(16-12(13)14-7)11(18)15-8-2-4-9(17)5-3-8/h6,8-9,17H,2-5H2,1H3,(H,15,18). The summed E-state index contributed by atoms with van der Waals surface area (Å²) in [7, 11) is 0. The summed E-state index contributed by atoms with van der Waals surface area (Å²) in [6.45, 7) is 1.77. The molecule has 1 heterocycles. The van der Waals surface area contributed by atoms with E-state index in [1.165, 1.54) is 0 Å². The van der Waals surface area contributed by atoms with E-state index in [-0.39, 0.29) is 23.3 Å². The van der Waals surface area contributed by atoms with E-state index in [2.05, 4.69) is 15.3 Å². The van der Waals surface area contributed by atoms with Gasteiger partial charge in [0, 0.05) is 11.7 Å². The molecule has 2 N–H and O–H groups in total. The maximum absolute atomic E-state index is 12.0. The number of aromatic nitrogens is 2. The average molecular weight is 270 g/mol. The first-order chi connectivity index (χ1) is 8.54. The van der Waals surface area contributed by atoms with E-state index in [9.17, 15) is 9.90 Å². The number of nitrogens with one attached hydrogen (secondary N) is 1. The minimum atomic E-state index is -0.233. The Bertz CT molecular complexity index is 425. The van der Waals surface area contributed by atoms with Crippen LogP contribution in [-0.4, -0.2) is 33.1 Å². The minimum absolute atomic E-state index is 0.0826. The van der Waals surface area contributed by atoms with Crippen molar-refractivity contribution in [3.05, 3.63) is 22.7 Å². The number of halogens is 1. The molecule has 0 unspecified atom stereocenters. The van der Waals surface area contributed by atoms with Gasteiger partial charge in [0.05, 0.1) is 6.10 Å². The zero-order chi connectivity index (χ0) is 13.1. The highest BCUT2D eigenvalue weighted by atomic mass is 35.5. The molecule has 98 valence electrons. The smallest absolute Gasteiger partial charge is 0.270 e. The van der Waals surface area contributed by atoms with Gasteiger partial charge in [-0.3, -0.25) is 4.79 Å². The molecule has 1 aromatic rings. The molecule has 0 radical (unpaired) electrons. The van der Waals surface area contributed by atoms with Crippen molar-refractivity contribution >= 4 is 17.5 Å². The molecule has 1 aromatic heterocycles. The Labute approximate surface area is 111 Å². The lowest BCUT2D eigenvalue weighted by atomic mass is 9.93. The average Bonchev–Trinajstić information content (AvgIpc) is 2.31. The zero-order valence-electron chi connectivity index (χ0n) is 10.2. The number of aliphatic hydroxyl groups excluding tert-OH is 1. The SMILES string of the molecule is Cc1cc(C(=O)NC2CCC(O)CC2)nc(Cl)n1. The van der Waals surface area contributed by atoms with Crippen molar-refractivity contribution in [2.45, 2.75) is 44.8 Å². The second kappa shape index (κ2) is 5.63. The van der Waals surface area contributed by atoms with Crippen molar-refractivity contribution in [3.8, 4) is 0 Å². The van der Waals surface area contributed by atoms with Crippen LogP contribution >= 0.6 is 11.6 Å². The number of aliphatic hydroxyl groups is 1. The predicted octanol–water partition coefficient (Wildman–Crippen LogP) is 1.47. The van der Waals surface area contributed by atoms with Crippen LogP contribution in [0.15, 0.2) is 6.07 Å². The lowest BCUT2D eigenvalue weighted by Gasteiger charge is -2.26. The fourth-order valence-electron chi connectivity index (χ4n) is 2.13. The van der Waals surface area contributed by atoms with Crippen LogP contribution in [0.25, 0.3) is 0 Å². The van der Waals surface area contributed by atoms with E-state index < -0.39 is 0 Å². The van der Waals surface area contributed by atoms with Crippen molar-refractivity contribution in [2.24, 2.45) is 0 Å². The van der Waals surface area contributed by atoms with Gasteiger partial charge in [-0.1, -0.05) is 0 Å². The summed E-state index contributed by atoms with van der Waals surface area (Å²) in [6, 6.07) is 1.72. The van der Waals surface area contributed by atoms with Gasteiger partial charge in [0.15, 0.2) is 0 Å². The van der Waals surface area contributed by atoms with Crippen molar-refractivity contribution in [1.29, 1.82) is 0 Å². The molecular weight excluding hydrogens is 254 g/mol. The third-order valence-corrected chi connectivity index (χ3v) is 3.26. The normalized spacial score (nSPS) is 23.7. The Morgan fingerprint density at radius 2 is 2.06 bits per heavy atom. The number of nitrogens with zero attached hydrogens (tertiary/aromatic N) is 2.